The Labute approximate surface area is 78.4 Å². The molecule has 0 saturated carbocycles. The second-order valence-corrected chi connectivity index (χ2v) is 2.50. The van der Waals surface area contributed by atoms with Crippen molar-refractivity contribution >= 4 is 12.6 Å². The lowest BCUT2D eigenvalue weighted by Crippen LogP contribution is -1.76. The number of terminal acetylenes is 1. The molecule has 58 valence electrons. The number of hydrogen-bond donors (Lipinski definition) is 1. The summed E-state index contributed by atoms with van der Waals surface area (Å²) in [7, 11) is 0. The molecule has 0 aliphatic carbocycles. The van der Waals surface area contributed by atoms with Crippen LogP contribution in [0.5, 0.6) is 0 Å². The highest BCUT2D eigenvalue weighted by atomic mass is 32.1. The van der Waals surface area contributed by atoms with Gasteiger partial charge in [0.15, 0.2) is 0 Å². The van der Waals surface area contributed by atoms with Gasteiger partial charge in [-0.1, -0.05) is 17.8 Å². The van der Waals surface area contributed by atoms with Crippen LogP contribution in [0.4, 0.5) is 0 Å². The zero-order valence-corrected chi connectivity index (χ0v) is 7.44. The fraction of sp³-hybridized carbons (Fsp3) is 0.0909. The predicted octanol–water partition coefficient (Wildman–Crippen LogP) is 1.95. The molecular weight excluding hydrogens is 164 g/mol. The van der Waals surface area contributed by atoms with E-state index >= 15 is 0 Å². The van der Waals surface area contributed by atoms with Crippen molar-refractivity contribution in [3.8, 4) is 24.2 Å². The summed E-state index contributed by atoms with van der Waals surface area (Å²) in [6.07, 6.45) is 5.20. The van der Waals surface area contributed by atoms with Crippen LogP contribution in [0, 0.1) is 24.2 Å². The Hall–Kier alpha value is -1.31. The molecule has 0 bridgehead atoms. The fourth-order valence-corrected chi connectivity index (χ4v) is 0.870. The van der Waals surface area contributed by atoms with Gasteiger partial charge in [-0.2, -0.15) is 12.6 Å². The maximum atomic E-state index is 5.20. The highest BCUT2D eigenvalue weighted by Gasteiger charge is 1.86. The third-order valence-electron chi connectivity index (χ3n) is 1.36. The minimum absolute atomic E-state index is 0.580. The monoisotopic (exact) mass is 172 g/mol. The van der Waals surface area contributed by atoms with Crippen LogP contribution in [0.1, 0.15) is 11.1 Å². The molecule has 0 heterocycles. The molecule has 0 aromatic heterocycles. The standard InChI is InChI=1S/C11H8S/c1-2-10-5-7-11(8-6-10)4-3-9-12/h1,5-8,12H,9H2. The summed E-state index contributed by atoms with van der Waals surface area (Å²) in [4.78, 5) is 0. The van der Waals surface area contributed by atoms with Gasteiger partial charge >= 0.3 is 0 Å². The summed E-state index contributed by atoms with van der Waals surface area (Å²) in [6.45, 7) is 0. The number of hydrogen-bond acceptors (Lipinski definition) is 1. The summed E-state index contributed by atoms with van der Waals surface area (Å²) >= 11 is 3.98. The van der Waals surface area contributed by atoms with Gasteiger partial charge in [-0.3, -0.25) is 0 Å². The Kier molecular flexibility index (Phi) is 3.33. The van der Waals surface area contributed by atoms with Gasteiger partial charge in [0.2, 0.25) is 0 Å². The molecule has 0 nitrogen and oxygen atoms in total. The largest absolute Gasteiger partial charge is 0.166 e. The molecule has 0 fully saturated rings. The summed E-state index contributed by atoms with van der Waals surface area (Å²) < 4.78 is 0. The molecule has 0 N–H and O–H groups in total. The molecule has 0 spiro atoms. The lowest BCUT2D eigenvalue weighted by molar-refractivity contribution is 1.60. The predicted molar refractivity (Wildman–Crippen MR) is 55.1 cm³/mol. The molecule has 0 saturated heterocycles. The molecule has 0 amide bonds. The van der Waals surface area contributed by atoms with Crippen molar-refractivity contribution in [3.05, 3.63) is 35.4 Å². The Morgan fingerprint density at radius 1 is 1.17 bits per heavy atom. The van der Waals surface area contributed by atoms with Gasteiger partial charge < -0.3 is 0 Å². The first-order valence-corrected chi connectivity index (χ1v) is 4.16. The van der Waals surface area contributed by atoms with Crippen LogP contribution in [0.15, 0.2) is 24.3 Å². The maximum Gasteiger partial charge on any atom is 0.0521 e. The molecule has 1 aromatic rings. The lowest BCUT2D eigenvalue weighted by Gasteiger charge is -1.90. The van der Waals surface area contributed by atoms with Crippen LogP contribution in [-0.2, 0) is 0 Å². The molecule has 1 heteroatoms. The SMILES string of the molecule is C#Cc1ccc(C#CCS)cc1. The summed E-state index contributed by atoms with van der Waals surface area (Å²) in [6, 6.07) is 7.57. The minimum atomic E-state index is 0.580. The summed E-state index contributed by atoms with van der Waals surface area (Å²) in [5.74, 6) is 8.94. The van der Waals surface area contributed by atoms with Crippen LogP contribution >= 0.6 is 12.6 Å². The van der Waals surface area contributed by atoms with Gasteiger partial charge in [-0.15, -0.1) is 6.42 Å². The highest BCUT2D eigenvalue weighted by molar-refractivity contribution is 7.80. The van der Waals surface area contributed by atoms with Gasteiger partial charge in [0.1, 0.15) is 0 Å². The zero-order chi connectivity index (χ0) is 8.81. The van der Waals surface area contributed by atoms with Crippen molar-refractivity contribution in [2.24, 2.45) is 0 Å². The topological polar surface area (TPSA) is 0 Å². The molecule has 0 atom stereocenters. The van der Waals surface area contributed by atoms with E-state index in [1.807, 2.05) is 24.3 Å². The molecule has 0 radical (unpaired) electrons. The van der Waals surface area contributed by atoms with E-state index in [0.29, 0.717) is 5.75 Å². The third kappa shape index (κ3) is 2.38. The molecule has 0 aliphatic rings. The number of benzene rings is 1. The van der Waals surface area contributed by atoms with E-state index in [0.717, 1.165) is 11.1 Å². The van der Waals surface area contributed by atoms with Gasteiger partial charge in [0.25, 0.3) is 0 Å². The van der Waals surface area contributed by atoms with Gasteiger partial charge in [-0.05, 0) is 24.3 Å². The van der Waals surface area contributed by atoms with Crippen LogP contribution in [0.25, 0.3) is 0 Å². The van der Waals surface area contributed by atoms with E-state index in [1.54, 1.807) is 0 Å². The Morgan fingerprint density at radius 2 is 1.75 bits per heavy atom. The van der Waals surface area contributed by atoms with Crippen molar-refractivity contribution in [1.29, 1.82) is 0 Å². The van der Waals surface area contributed by atoms with E-state index in [4.69, 9.17) is 6.42 Å². The highest BCUT2D eigenvalue weighted by Crippen LogP contribution is 2.00. The quantitative estimate of drug-likeness (QED) is 0.449. The van der Waals surface area contributed by atoms with Gasteiger partial charge in [0.05, 0.1) is 5.75 Å². The molecule has 12 heavy (non-hydrogen) atoms. The average Bonchev–Trinajstić information content (AvgIpc) is 2.15. The molecule has 1 aromatic carbocycles. The van der Waals surface area contributed by atoms with Crippen LogP contribution in [-0.4, -0.2) is 5.75 Å². The van der Waals surface area contributed by atoms with Crippen molar-refractivity contribution in [1.82, 2.24) is 0 Å². The zero-order valence-electron chi connectivity index (χ0n) is 6.54. The Balaban J connectivity index is 2.87. The van der Waals surface area contributed by atoms with Crippen molar-refractivity contribution in [2.75, 3.05) is 5.75 Å². The summed E-state index contributed by atoms with van der Waals surface area (Å²) in [5.41, 5.74) is 1.86. The van der Waals surface area contributed by atoms with E-state index in [9.17, 15) is 0 Å². The molecule has 1 rings (SSSR count). The summed E-state index contributed by atoms with van der Waals surface area (Å²) in [5, 5.41) is 0. The molecule has 0 aliphatic heterocycles. The first-order valence-electron chi connectivity index (χ1n) is 3.53. The second-order valence-electron chi connectivity index (χ2n) is 2.18. The Morgan fingerprint density at radius 3 is 2.25 bits per heavy atom. The van der Waals surface area contributed by atoms with Crippen molar-refractivity contribution < 1.29 is 0 Å². The fourth-order valence-electron chi connectivity index (χ4n) is 0.791. The first kappa shape index (κ1) is 8.78. The van der Waals surface area contributed by atoms with E-state index in [1.165, 1.54) is 0 Å². The van der Waals surface area contributed by atoms with Gasteiger partial charge in [0, 0.05) is 11.1 Å². The maximum absolute atomic E-state index is 5.20. The average molecular weight is 172 g/mol. The van der Waals surface area contributed by atoms with Crippen LogP contribution in [0.2, 0.25) is 0 Å². The minimum Gasteiger partial charge on any atom is -0.166 e. The van der Waals surface area contributed by atoms with E-state index in [-0.39, 0.29) is 0 Å². The normalized spacial score (nSPS) is 8.00. The smallest absolute Gasteiger partial charge is 0.0521 e. The second kappa shape index (κ2) is 4.54. The van der Waals surface area contributed by atoms with E-state index in [2.05, 4.69) is 30.4 Å². The van der Waals surface area contributed by atoms with Crippen LogP contribution < -0.4 is 0 Å². The van der Waals surface area contributed by atoms with Crippen LogP contribution in [0.3, 0.4) is 0 Å². The van der Waals surface area contributed by atoms with Gasteiger partial charge in [-0.25, -0.2) is 0 Å². The first-order chi connectivity index (χ1) is 5.86. The van der Waals surface area contributed by atoms with Crippen molar-refractivity contribution in [2.45, 2.75) is 0 Å². The third-order valence-corrected chi connectivity index (χ3v) is 1.52. The van der Waals surface area contributed by atoms with E-state index < -0.39 is 0 Å². The lowest BCUT2D eigenvalue weighted by atomic mass is 10.1. The molecular formula is C11H8S. The number of rotatable bonds is 0. The Bertz CT molecular complexity index is 343. The molecule has 0 unspecified atom stereocenters. The van der Waals surface area contributed by atoms with Crippen molar-refractivity contribution in [3.63, 3.8) is 0 Å². The number of thiol groups is 1.